The summed E-state index contributed by atoms with van der Waals surface area (Å²) in [5.74, 6) is -2.51. The van der Waals surface area contributed by atoms with Gasteiger partial charge in [0.05, 0.1) is 0 Å². The zero-order chi connectivity index (χ0) is 6.57. The first-order chi connectivity index (χ1) is 3.63. The molecule has 0 aromatic rings. The molecule has 0 saturated heterocycles. The molecular weight excluding hydrogens is 135 g/mol. The summed E-state index contributed by atoms with van der Waals surface area (Å²) in [5, 5.41) is 15.6. The quantitative estimate of drug-likeness (QED) is 0.383. The van der Waals surface area contributed by atoms with Crippen molar-refractivity contribution in [2.75, 3.05) is 0 Å². The van der Waals surface area contributed by atoms with Crippen molar-refractivity contribution < 1.29 is 19.8 Å². The van der Waals surface area contributed by atoms with Gasteiger partial charge in [0.15, 0.2) is 0 Å². The summed E-state index contributed by atoms with van der Waals surface area (Å²) in [6.07, 6.45) is 1.12. The fourth-order valence-corrected chi connectivity index (χ4v) is 0.143. The Morgan fingerprint density at radius 3 is 1.33 bits per heavy atom. The van der Waals surface area contributed by atoms with Crippen LogP contribution in [-0.4, -0.2) is 51.7 Å². The molecule has 9 heavy (non-hydrogen) atoms. The van der Waals surface area contributed by atoms with E-state index in [1.54, 1.807) is 0 Å². The number of rotatable bonds is 2. The maximum atomic E-state index is 9.55. The molecule has 46 valence electrons. The number of hydrogen-bond donors (Lipinski definition) is 2. The predicted molar refractivity (Wildman–Crippen MR) is 31.6 cm³/mol. The van der Waals surface area contributed by atoms with Crippen LogP contribution >= 0.6 is 0 Å². The Hall–Kier alpha value is -0.320. The van der Waals surface area contributed by atoms with Gasteiger partial charge in [-0.15, -0.1) is 0 Å². The van der Waals surface area contributed by atoms with Gasteiger partial charge in [-0.2, -0.15) is 0 Å². The third-order valence-electron chi connectivity index (χ3n) is 0.368. The summed E-state index contributed by atoms with van der Waals surface area (Å²) in [4.78, 5) is 19.1. The first-order valence-electron chi connectivity index (χ1n) is 1.77. The molecule has 0 aliphatic carbocycles. The molecule has 0 heterocycles. The van der Waals surface area contributed by atoms with E-state index in [1.807, 2.05) is 0 Å². The van der Waals surface area contributed by atoms with Crippen molar-refractivity contribution in [1.29, 1.82) is 0 Å². The average Bonchev–Trinajstić information content (AvgIpc) is 1.61. The molecule has 0 aromatic carbocycles. The molecule has 0 aliphatic heterocycles. The van der Waals surface area contributed by atoms with E-state index in [1.165, 1.54) is 0 Å². The van der Waals surface area contributed by atoms with Crippen LogP contribution in [0, 0.1) is 0 Å². The molecule has 0 atom stereocenters. The molecule has 4 nitrogen and oxygen atoms in total. The van der Waals surface area contributed by atoms with Crippen molar-refractivity contribution in [3.63, 3.8) is 0 Å². The van der Waals surface area contributed by atoms with Crippen molar-refractivity contribution in [1.82, 2.24) is 0 Å². The van der Waals surface area contributed by atoms with Crippen LogP contribution < -0.4 is 0 Å². The summed E-state index contributed by atoms with van der Waals surface area (Å²) in [5.41, 5.74) is 0. The molecule has 0 spiro atoms. The minimum absolute atomic E-state index is 0. The Kier molecular flexibility index (Phi) is 7.41. The molecule has 0 rings (SSSR count). The van der Waals surface area contributed by atoms with Crippen LogP contribution in [0.1, 0.15) is 0 Å². The molecule has 2 N–H and O–H groups in total. The Labute approximate surface area is 73.5 Å². The van der Waals surface area contributed by atoms with E-state index < -0.39 is 11.9 Å². The fraction of sp³-hybridized carbons (Fsp3) is 0. The van der Waals surface area contributed by atoms with E-state index >= 15 is 0 Å². The maximum absolute atomic E-state index is 9.55. The van der Waals surface area contributed by atoms with Gasteiger partial charge in [-0.1, -0.05) is 0 Å². The van der Waals surface area contributed by atoms with E-state index in [2.05, 4.69) is 0 Å². The number of aliphatic carboxylic acids is 2. The summed E-state index contributed by atoms with van der Waals surface area (Å²) in [7, 11) is 0. The molecule has 0 aliphatic rings. The number of carbonyl (C=O) groups is 2. The van der Waals surface area contributed by atoms with Gasteiger partial charge >= 0.3 is 41.5 Å². The van der Waals surface area contributed by atoms with Crippen LogP contribution in [0.3, 0.4) is 0 Å². The summed E-state index contributed by atoms with van der Waals surface area (Å²) < 4.78 is 0. The van der Waals surface area contributed by atoms with Crippen molar-refractivity contribution in [3.8, 4) is 0 Å². The molecule has 0 amide bonds. The average molecular weight is 140 g/mol. The van der Waals surface area contributed by atoms with Gasteiger partial charge in [0.1, 0.15) is 0 Å². The number of carboxylic acid groups (broad SMARTS) is 2. The summed E-state index contributed by atoms with van der Waals surface area (Å²) in [6, 6.07) is 0. The topological polar surface area (TPSA) is 74.6 Å². The van der Waals surface area contributed by atoms with Crippen LogP contribution in [0.4, 0.5) is 0 Å². The first-order valence-corrected chi connectivity index (χ1v) is 1.77. The Morgan fingerprint density at radius 1 is 1.00 bits per heavy atom. The van der Waals surface area contributed by atoms with Gasteiger partial charge in [0, 0.05) is 12.2 Å². The molecule has 5 heteroatoms. The van der Waals surface area contributed by atoms with Crippen LogP contribution in [0.5, 0.6) is 0 Å². The standard InChI is InChI=1S/C4H4O4.Na.H/c5-3(6)1-2-4(7)8;;/h1-2H,(H,5,6)(H,7,8);;/b2-1+;;. The SMILES string of the molecule is O=C(O)/C=C/C(=O)O.[NaH]. The molecule has 0 bridgehead atoms. The van der Waals surface area contributed by atoms with Crippen LogP contribution in [0.2, 0.25) is 0 Å². The van der Waals surface area contributed by atoms with Crippen LogP contribution in [0.15, 0.2) is 12.2 Å². The van der Waals surface area contributed by atoms with Crippen molar-refractivity contribution in [2.45, 2.75) is 0 Å². The fourth-order valence-electron chi connectivity index (χ4n) is 0.143. The third-order valence-corrected chi connectivity index (χ3v) is 0.368. The zero-order valence-electron chi connectivity index (χ0n) is 3.87. The van der Waals surface area contributed by atoms with Crippen molar-refractivity contribution in [3.05, 3.63) is 12.2 Å². The van der Waals surface area contributed by atoms with Gasteiger partial charge in [-0.3, -0.25) is 0 Å². The van der Waals surface area contributed by atoms with E-state index in [-0.39, 0.29) is 29.6 Å². The van der Waals surface area contributed by atoms with Gasteiger partial charge in [0.25, 0.3) is 0 Å². The Bertz CT molecular complexity index is 124. The van der Waals surface area contributed by atoms with Gasteiger partial charge in [-0.25, -0.2) is 9.59 Å². The van der Waals surface area contributed by atoms with Crippen LogP contribution in [0.25, 0.3) is 0 Å². The second-order valence-corrected chi connectivity index (χ2v) is 1.01. The molecule has 0 unspecified atom stereocenters. The van der Waals surface area contributed by atoms with Gasteiger partial charge in [0.2, 0.25) is 0 Å². The van der Waals surface area contributed by atoms with E-state index in [0.717, 1.165) is 0 Å². The summed E-state index contributed by atoms with van der Waals surface area (Å²) >= 11 is 0. The van der Waals surface area contributed by atoms with Crippen LogP contribution in [-0.2, 0) is 9.59 Å². The molecule has 0 fully saturated rings. The molecular formula is C4H5NaO4. The molecule has 0 saturated carbocycles. The second-order valence-electron chi connectivity index (χ2n) is 1.01. The number of carboxylic acids is 2. The Balaban J connectivity index is 0. The van der Waals surface area contributed by atoms with E-state index in [4.69, 9.17) is 10.2 Å². The van der Waals surface area contributed by atoms with Crippen molar-refractivity contribution in [2.24, 2.45) is 0 Å². The minimum atomic E-state index is -1.26. The summed E-state index contributed by atoms with van der Waals surface area (Å²) in [6.45, 7) is 0. The molecule has 0 aromatic heterocycles. The third kappa shape index (κ3) is 11.3. The first kappa shape index (κ1) is 11.5. The second kappa shape index (κ2) is 5.81. The zero-order valence-corrected chi connectivity index (χ0v) is 3.87. The number of hydrogen-bond acceptors (Lipinski definition) is 2. The van der Waals surface area contributed by atoms with Crippen molar-refractivity contribution >= 4 is 41.5 Å². The van der Waals surface area contributed by atoms with E-state index in [9.17, 15) is 9.59 Å². The normalized spacial score (nSPS) is 8.44. The monoisotopic (exact) mass is 140 g/mol. The van der Waals surface area contributed by atoms with Gasteiger partial charge < -0.3 is 10.2 Å². The Morgan fingerprint density at radius 2 is 1.22 bits per heavy atom. The predicted octanol–water partition coefficient (Wildman–Crippen LogP) is -0.937. The van der Waals surface area contributed by atoms with E-state index in [0.29, 0.717) is 12.2 Å². The van der Waals surface area contributed by atoms with Gasteiger partial charge in [-0.05, 0) is 0 Å². The molecule has 0 radical (unpaired) electrons.